The summed E-state index contributed by atoms with van der Waals surface area (Å²) in [5.74, 6) is -6.34. The third-order valence-corrected chi connectivity index (χ3v) is 17.4. The molecule has 12 atom stereocenters. The van der Waals surface area contributed by atoms with Gasteiger partial charge < -0.3 is 136 Å². The van der Waals surface area contributed by atoms with E-state index in [9.17, 15) is 76.7 Å². The van der Waals surface area contributed by atoms with Crippen LogP contribution in [0.1, 0.15) is 155 Å². The molecule has 1 aliphatic rings. The summed E-state index contributed by atoms with van der Waals surface area (Å²) in [7, 11) is 3.08. The van der Waals surface area contributed by atoms with Crippen molar-refractivity contribution in [3.63, 3.8) is 0 Å². The third-order valence-electron chi connectivity index (χ3n) is 17.4. The molecule has 0 radical (unpaired) electrons. The van der Waals surface area contributed by atoms with Crippen molar-refractivity contribution in [1.29, 1.82) is 0 Å². The fourth-order valence-corrected chi connectivity index (χ4v) is 10.3. The van der Waals surface area contributed by atoms with Crippen LogP contribution < -0.4 is 131 Å². The summed E-state index contributed by atoms with van der Waals surface area (Å²) in [5, 5.41) is 42.0. The minimum atomic E-state index is -0.928. The van der Waals surface area contributed by atoms with E-state index >= 15 is 0 Å². The van der Waals surface area contributed by atoms with Gasteiger partial charge in [-0.05, 0) is 143 Å². The maximum Gasteiger partial charge on any atom is 0.317 e. The normalized spacial score (nSPS) is 14.2. The number of rotatable bonds is 49. The zero-order chi connectivity index (χ0) is 89.9. The van der Waals surface area contributed by atoms with Gasteiger partial charge in [0.2, 0.25) is 82.7 Å². The molecule has 658 valence electrons. The molecule has 0 saturated heterocycles. The first-order valence-electron chi connectivity index (χ1n) is 38.6. The van der Waals surface area contributed by atoms with E-state index in [4.69, 9.17) is 45.9 Å². The van der Waals surface area contributed by atoms with Gasteiger partial charge in [0.05, 0.1) is 29.7 Å². The Balaban J connectivity index is 0.00000155. The van der Waals surface area contributed by atoms with Crippen molar-refractivity contribution in [2.75, 3.05) is 40.3 Å². The fraction of sp³-hybridized carbons (Fsp3) is 0.532. The van der Waals surface area contributed by atoms with Crippen molar-refractivity contribution in [2.24, 2.45) is 51.8 Å². The van der Waals surface area contributed by atoms with Crippen LogP contribution in [0.5, 0.6) is 0 Å². The first kappa shape index (κ1) is 105. The Morgan fingerprint density at radius 1 is 0.347 bits per heavy atom. The minimum Gasteiger partial charge on any atom is -0.386 e. The highest BCUT2D eigenvalue weighted by Gasteiger charge is 2.32. The molecule has 1 fully saturated rings. The molecule has 41 heteroatoms. The number of primary amides is 4. The topological polar surface area (TPSA) is 677 Å². The molecule has 0 aliphatic heterocycles. The smallest absolute Gasteiger partial charge is 0.317 e. The summed E-state index contributed by atoms with van der Waals surface area (Å²) in [6.45, 7) is 27.8. The van der Waals surface area contributed by atoms with Gasteiger partial charge in [0.25, 0.3) is 5.91 Å². The molecule has 0 unspecified atom stereocenters. The highest BCUT2D eigenvalue weighted by atomic mass is 16.2. The summed E-state index contributed by atoms with van der Waals surface area (Å²) < 4.78 is 0. The lowest BCUT2D eigenvalue weighted by Gasteiger charge is -2.23. The van der Waals surface area contributed by atoms with Crippen LogP contribution in [-0.2, 0) is 73.5 Å². The summed E-state index contributed by atoms with van der Waals surface area (Å²) in [6, 6.07) is 6.56. The lowest BCUT2D eigenvalue weighted by atomic mass is 10.0. The van der Waals surface area contributed by atoms with Gasteiger partial charge in [0.15, 0.2) is 0 Å². The van der Waals surface area contributed by atoms with Crippen molar-refractivity contribution in [2.45, 2.75) is 218 Å². The number of nitrogens with zero attached hydrogens (tertiary/aromatic N) is 1. The zero-order valence-electron chi connectivity index (χ0n) is 69.4. The predicted octanol–water partition coefficient (Wildman–Crippen LogP) is -4.65. The van der Waals surface area contributed by atoms with Crippen LogP contribution in [0.25, 0.3) is 0 Å². The Bertz CT molecular complexity index is 3680. The maximum absolute atomic E-state index is 12.6. The molecule has 2 aromatic carbocycles. The monoisotopic (exact) mass is 1660 g/mol. The molecular formula is C77H129N25O16. The number of hydrogen-bond donors (Lipinski definition) is 24. The number of benzene rings is 2. The van der Waals surface area contributed by atoms with Crippen molar-refractivity contribution in [3.8, 4) is 0 Å². The third kappa shape index (κ3) is 47.7. The average Bonchev–Trinajstić information content (AvgIpc) is 1.02. The largest absolute Gasteiger partial charge is 0.386 e. The van der Waals surface area contributed by atoms with E-state index in [-0.39, 0.29) is 37.5 Å². The predicted molar refractivity (Wildman–Crippen MR) is 444 cm³/mol. The first-order valence-corrected chi connectivity index (χ1v) is 38.6. The first-order chi connectivity index (χ1) is 55.3. The Labute approximate surface area is 689 Å². The molecule has 1 saturated carbocycles. The van der Waals surface area contributed by atoms with Crippen LogP contribution in [0.2, 0.25) is 0 Å². The molecule has 32 N–H and O–H groups in total. The second kappa shape index (κ2) is 57.2. The summed E-state index contributed by atoms with van der Waals surface area (Å²) >= 11 is 0. The van der Waals surface area contributed by atoms with Crippen molar-refractivity contribution in [1.82, 2.24) is 90.0 Å². The number of carbonyl (C=O) groups excluding carboxylic acids is 16. The molecule has 0 spiro atoms. The number of urea groups is 1. The molecule has 3 rings (SSSR count). The van der Waals surface area contributed by atoms with Crippen molar-refractivity contribution < 1.29 is 76.7 Å². The minimum absolute atomic E-state index is 0.132. The van der Waals surface area contributed by atoms with E-state index < -0.39 is 155 Å². The molecule has 0 bridgehead atoms. The van der Waals surface area contributed by atoms with Crippen LogP contribution >= 0.6 is 0 Å². The highest BCUT2D eigenvalue weighted by Crippen LogP contribution is 2.27. The molecule has 0 heterocycles. The SMILES string of the molecule is C=C(N)NCCC[C@H](NC(=O)[C@H](C)NC(=O)CC1CCCC1)C(=O)N[C@@H](C)C(N)=O.C=C(N)NCCC[C@H](NC(=O)[C@H](C)NC(=O)Cc1ccccc1)C(=O)N[C@@H](C)C(N)=O.C=C(N)NCCC[C@H](NC(=O)[C@H](C)NC(=O)N(C)C)C(=O)N[C@@H](C)C(N)=O.C=C(N)NCCC[C@H](NC(=O)[C@H](C)NC(=O)c1ccccc1)C(=O)N[C@@H](C)C(N)=O. The van der Waals surface area contributed by atoms with Gasteiger partial charge in [0, 0.05) is 52.3 Å². The number of amides is 17. The second-order valence-electron chi connectivity index (χ2n) is 28.4. The van der Waals surface area contributed by atoms with E-state index in [0.29, 0.717) is 99.5 Å². The Hall–Kier alpha value is -12.9. The van der Waals surface area contributed by atoms with Crippen LogP contribution in [0.15, 0.2) is 110 Å². The van der Waals surface area contributed by atoms with Crippen LogP contribution in [-0.4, -0.2) is 212 Å². The number of hydrogen-bond acceptors (Lipinski definition) is 24. The summed E-state index contributed by atoms with van der Waals surface area (Å²) in [6.07, 6.45) is 8.01. The van der Waals surface area contributed by atoms with Crippen molar-refractivity contribution >= 4 is 94.6 Å². The second-order valence-corrected chi connectivity index (χ2v) is 28.4. The quantitative estimate of drug-likeness (QED) is 0.0277. The van der Waals surface area contributed by atoms with Gasteiger partial charge >= 0.3 is 6.03 Å². The number of nitrogens with one attached hydrogen (secondary N) is 16. The Kier molecular flexibility index (Phi) is 51.0. The Morgan fingerprint density at radius 2 is 0.619 bits per heavy atom. The lowest BCUT2D eigenvalue weighted by molar-refractivity contribution is -0.133. The molecule has 2 aromatic rings. The van der Waals surface area contributed by atoms with Gasteiger partial charge in [-0.2, -0.15) is 0 Å². The number of nitrogens with two attached hydrogens (primary N) is 8. The van der Waals surface area contributed by atoms with Crippen LogP contribution in [0.3, 0.4) is 0 Å². The zero-order valence-corrected chi connectivity index (χ0v) is 69.4. The summed E-state index contributed by atoms with van der Waals surface area (Å²) in [5.41, 5.74) is 43.7. The van der Waals surface area contributed by atoms with Crippen molar-refractivity contribution in [3.05, 3.63) is 121 Å². The molecule has 17 amide bonds. The number of carbonyl (C=O) groups is 16. The average molecular weight is 1660 g/mol. The van der Waals surface area contributed by atoms with Gasteiger partial charge in [-0.3, -0.25) is 71.9 Å². The van der Waals surface area contributed by atoms with Crippen LogP contribution in [0.4, 0.5) is 4.79 Å². The fourth-order valence-electron chi connectivity index (χ4n) is 10.3. The van der Waals surface area contributed by atoms with E-state index in [1.807, 2.05) is 30.3 Å². The standard InChI is InChI=1S/C21H32N6O4.C20H36N6O4.C20H30N6O4.C16H31N7O4/c1-13(19(23)29)26-21(31)17(10-7-11-24-15(3)22)27-20(30)14(2)25-18(28)12-16-8-5-4-6-9-16;1-12(18(22)28)25-20(30)16(9-6-10-23-14(3)21)26-19(29)13(2)24-17(27)11-15-7-4-5-8-15;1-12(17(22)27)24-20(30)16(10-7-11-23-14(3)21)26-18(28)13(2)25-19(29)15-8-5-4-6-9-15;1-9(13(18)24)20-15(26)12(7-6-8-19-11(3)17)22-14(25)10(2)21-16(27)23(4)5/h4-6,8-9,13-14,17,24H,3,7,10-12,22H2,1-2H3,(H2,23,29)(H,25,28)(H,26,31)(H,27,30);12-13,15-16,23H,3-11,21H2,1-2H3,(H2,22,28)(H,24,27)(H,25,30)(H,26,29);4-6,8-9,12-13,16,23H,3,7,10-11,21H2,1-2H3,(H2,22,27)(H,24,30)(H,25,29)(H,26,28);9-10,12,19H,3,6-8,17H2,1-2,4-5H3,(H2,18,24)(H,20,26)(H,21,27)(H,22,25)/t13-,14-,17-;2*12-,13-,16-;9-,10-,12-/m0000/s1. The lowest BCUT2D eigenvalue weighted by Crippen LogP contribution is -2.56. The molecular weight excluding hydrogens is 1530 g/mol. The summed E-state index contributed by atoms with van der Waals surface area (Å²) in [4.78, 5) is 194. The van der Waals surface area contributed by atoms with Gasteiger partial charge in [-0.15, -0.1) is 0 Å². The van der Waals surface area contributed by atoms with Gasteiger partial charge in [-0.1, -0.05) is 87.7 Å². The Morgan fingerprint density at radius 3 is 0.898 bits per heavy atom. The van der Waals surface area contributed by atoms with E-state index in [1.165, 1.54) is 53.4 Å². The van der Waals surface area contributed by atoms with E-state index in [1.54, 1.807) is 51.4 Å². The molecule has 41 nitrogen and oxygen atoms in total. The molecule has 0 aromatic heterocycles. The van der Waals surface area contributed by atoms with Crippen LogP contribution in [0, 0.1) is 5.92 Å². The molecule has 118 heavy (non-hydrogen) atoms. The molecule has 1 aliphatic carbocycles. The van der Waals surface area contributed by atoms with Gasteiger partial charge in [0.1, 0.15) is 72.5 Å². The van der Waals surface area contributed by atoms with E-state index in [2.05, 4.69) is 111 Å². The van der Waals surface area contributed by atoms with E-state index in [0.717, 1.165) is 31.2 Å². The van der Waals surface area contributed by atoms with Gasteiger partial charge in [-0.25, -0.2) is 4.79 Å². The highest BCUT2D eigenvalue weighted by molar-refractivity contribution is 5.99. The maximum atomic E-state index is 12.6.